The molecule has 0 bridgehead atoms. The van der Waals surface area contributed by atoms with Crippen molar-refractivity contribution in [3.8, 4) is 0 Å². The van der Waals surface area contributed by atoms with Crippen LogP contribution in [-0.4, -0.2) is 6.18 Å². The number of unbranched alkanes of at least 4 members (excludes halogenated alkanes) is 7. The van der Waals surface area contributed by atoms with Crippen molar-refractivity contribution in [2.45, 2.75) is 148 Å². The minimum Gasteiger partial charge on any atom is -0.171 e. The van der Waals surface area contributed by atoms with Gasteiger partial charge in [-0.05, 0) is 43.4 Å². The van der Waals surface area contributed by atoms with Crippen molar-refractivity contribution in [3.63, 3.8) is 0 Å². The number of hydrogen-bond donors (Lipinski definition) is 0. The smallest absolute Gasteiger partial charge is 0.171 e. The second kappa shape index (κ2) is 14.8. The highest BCUT2D eigenvalue weighted by molar-refractivity contribution is 4.80. The Morgan fingerprint density at radius 2 is 1.17 bits per heavy atom. The highest BCUT2D eigenvalue weighted by Crippen LogP contribution is 2.42. The molecule has 0 amide bonds. The summed E-state index contributed by atoms with van der Waals surface area (Å²) in [5, 5.41) is 0. The molecule has 1 unspecified atom stereocenters. The molecule has 0 aromatic heterocycles. The summed E-state index contributed by atoms with van der Waals surface area (Å²) in [6.07, 6.45) is 20.0. The van der Waals surface area contributed by atoms with E-state index in [9.17, 15) is 13.2 Å². The van der Waals surface area contributed by atoms with Gasteiger partial charge in [0.2, 0.25) is 0 Å². The number of rotatable bonds is 14. The lowest BCUT2D eigenvalue weighted by molar-refractivity contribution is -0.178. The lowest BCUT2D eigenvalue weighted by atomic mass is 9.70. The minimum atomic E-state index is -4.00. The number of halogens is 3. The van der Waals surface area contributed by atoms with Gasteiger partial charge < -0.3 is 0 Å². The molecule has 2 fully saturated rings. The molecule has 0 nitrogen and oxygen atoms in total. The molecule has 2 aliphatic rings. The predicted molar refractivity (Wildman–Crippen MR) is 123 cm³/mol. The van der Waals surface area contributed by atoms with Gasteiger partial charge in [-0.3, -0.25) is 0 Å². The van der Waals surface area contributed by atoms with E-state index in [0.717, 1.165) is 43.9 Å². The zero-order chi connectivity index (χ0) is 21.7. The summed E-state index contributed by atoms with van der Waals surface area (Å²) in [5.41, 5.74) is 0. The van der Waals surface area contributed by atoms with Crippen molar-refractivity contribution in [2.24, 2.45) is 23.7 Å². The summed E-state index contributed by atoms with van der Waals surface area (Å²) >= 11 is 0. The van der Waals surface area contributed by atoms with E-state index in [1.165, 1.54) is 89.9 Å². The average Bonchev–Trinajstić information content (AvgIpc) is 2.74. The Labute approximate surface area is 185 Å². The van der Waals surface area contributed by atoms with Gasteiger partial charge in [0.05, 0.1) is 5.92 Å². The van der Waals surface area contributed by atoms with Crippen LogP contribution >= 0.6 is 0 Å². The van der Waals surface area contributed by atoms with Crippen molar-refractivity contribution < 1.29 is 13.2 Å². The zero-order valence-corrected chi connectivity index (χ0v) is 19.8. The third-order valence-electron chi connectivity index (χ3n) is 8.24. The van der Waals surface area contributed by atoms with E-state index in [1.54, 1.807) is 0 Å². The van der Waals surface area contributed by atoms with Crippen LogP contribution in [0.4, 0.5) is 13.2 Å². The van der Waals surface area contributed by atoms with Gasteiger partial charge in [0.15, 0.2) is 0 Å². The molecule has 0 aliphatic heterocycles. The summed E-state index contributed by atoms with van der Waals surface area (Å²) in [5.74, 6) is 1.52. The number of alkyl halides is 3. The fourth-order valence-corrected chi connectivity index (χ4v) is 6.20. The van der Waals surface area contributed by atoms with Crippen LogP contribution in [0.15, 0.2) is 0 Å². The van der Waals surface area contributed by atoms with Crippen LogP contribution in [-0.2, 0) is 0 Å². The van der Waals surface area contributed by atoms with Crippen molar-refractivity contribution in [1.29, 1.82) is 0 Å². The van der Waals surface area contributed by atoms with E-state index >= 15 is 0 Å². The molecule has 0 aromatic rings. The van der Waals surface area contributed by atoms with Gasteiger partial charge in [-0.1, -0.05) is 116 Å². The molecule has 30 heavy (non-hydrogen) atoms. The van der Waals surface area contributed by atoms with Crippen LogP contribution in [0.2, 0.25) is 0 Å². The second-order valence-electron chi connectivity index (χ2n) is 10.6. The van der Waals surface area contributed by atoms with Crippen LogP contribution < -0.4 is 0 Å². The summed E-state index contributed by atoms with van der Waals surface area (Å²) in [7, 11) is 0. The maximum atomic E-state index is 13.5. The van der Waals surface area contributed by atoms with E-state index in [-0.39, 0.29) is 0 Å². The Morgan fingerprint density at radius 3 is 1.77 bits per heavy atom. The van der Waals surface area contributed by atoms with Crippen LogP contribution in [0.5, 0.6) is 0 Å². The third-order valence-corrected chi connectivity index (χ3v) is 8.24. The molecule has 1 atom stereocenters. The van der Waals surface area contributed by atoms with Crippen molar-refractivity contribution in [1.82, 2.24) is 0 Å². The zero-order valence-electron chi connectivity index (χ0n) is 19.8. The van der Waals surface area contributed by atoms with Crippen LogP contribution in [0, 0.1) is 23.7 Å². The maximum Gasteiger partial charge on any atom is 0.391 e. The average molecular weight is 431 g/mol. The Balaban J connectivity index is 1.56. The molecular formula is C27H49F3. The van der Waals surface area contributed by atoms with E-state index in [4.69, 9.17) is 0 Å². The summed E-state index contributed by atoms with van der Waals surface area (Å²) in [6.45, 7) is 2.21. The summed E-state index contributed by atoms with van der Waals surface area (Å²) in [4.78, 5) is 0. The van der Waals surface area contributed by atoms with E-state index in [0.29, 0.717) is 18.8 Å². The van der Waals surface area contributed by atoms with Gasteiger partial charge in [-0.2, -0.15) is 13.2 Å². The molecule has 3 heteroatoms. The van der Waals surface area contributed by atoms with Gasteiger partial charge in [0.1, 0.15) is 0 Å². The Kier molecular flexibility index (Phi) is 12.8. The van der Waals surface area contributed by atoms with Gasteiger partial charge in [0.25, 0.3) is 0 Å². The van der Waals surface area contributed by atoms with Gasteiger partial charge >= 0.3 is 6.18 Å². The topological polar surface area (TPSA) is 0 Å². The molecule has 178 valence electrons. The molecule has 0 aromatic carbocycles. The first-order chi connectivity index (χ1) is 14.5. The first kappa shape index (κ1) is 26.0. The normalized spacial score (nSPS) is 24.8. The largest absolute Gasteiger partial charge is 0.391 e. The summed E-state index contributed by atoms with van der Waals surface area (Å²) < 4.78 is 40.4. The number of hydrogen-bond acceptors (Lipinski definition) is 0. The van der Waals surface area contributed by atoms with Crippen LogP contribution in [0.1, 0.15) is 142 Å². The highest BCUT2D eigenvalue weighted by Gasteiger charge is 2.38. The molecule has 0 saturated heterocycles. The molecular weight excluding hydrogens is 381 g/mol. The Hall–Kier alpha value is -0.210. The van der Waals surface area contributed by atoms with Gasteiger partial charge in [0, 0.05) is 0 Å². The molecule has 0 N–H and O–H groups in total. The van der Waals surface area contributed by atoms with Crippen LogP contribution in [0.25, 0.3) is 0 Å². The quantitative estimate of drug-likeness (QED) is 0.240. The fraction of sp³-hybridized carbons (Fsp3) is 1.00. The molecule has 2 saturated carbocycles. The first-order valence-electron chi connectivity index (χ1n) is 13.6. The fourth-order valence-electron chi connectivity index (χ4n) is 6.20. The standard InChI is InChI=1S/C27H49F3/c1-2-3-4-5-6-7-8-12-17-26(27(28,29)30)18-13-14-23-19-21-25(22-20-23)24-15-10-9-11-16-24/h23-26H,2-22H2,1H3/t23-,25-,26?. The lowest BCUT2D eigenvalue weighted by Crippen LogP contribution is -2.25. The highest BCUT2D eigenvalue weighted by atomic mass is 19.4. The van der Waals surface area contributed by atoms with E-state index in [1.807, 2.05) is 0 Å². The van der Waals surface area contributed by atoms with Crippen molar-refractivity contribution in [2.75, 3.05) is 0 Å². The summed E-state index contributed by atoms with van der Waals surface area (Å²) in [6, 6.07) is 0. The molecule has 2 aliphatic carbocycles. The molecule has 0 spiro atoms. The first-order valence-corrected chi connectivity index (χ1v) is 13.6. The lowest BCUT2D eigenvalue weighted by Gasteiger charge is -2.36. The van der Waals surface area contributed by atoms with Crippen molar-refractivity contribution in [3.05, 3.63) is 0 Å². The van der Waals surface area contributed by atoms with Crippen LogP contribution in [0.3, 0.4) is 0 Å². The molecule has 0 radical (unpaired) electrons. The minimum absolute atomic E-state index is 0.354. The van der Waals surface area contributed by atoms with Gasteiger partial charge in [-0.25, -0.2) is 0 Å². The SMILES string of the molecule is CCCCCCCCCCC(CCC[C@H]1CC[C@H](C2CCCCC2)CC1)C(F)(F)F. The maximum absolute atomic E-state index is 13.5. The van der Waals surface area contributed by atoms with Gasteiger partial charge in [-0.15, -0.1) is 0 Å². The molecule has 2 rings (SSSR count). The third kappa shape index (κ3) is 10.4. The Bertz CT molecular complexity index is 403. The van der Waals surface area contributed by atoms with Crippen molar-refractivity contribution >= 4 is 0 Å². The molecule has 0 heterocycles. The second-order valence-corrected chi connectivity index (χ2v) is 10.6. The predicted octanol–water partition coefficient (Wildman–Crippen LogP) is 10.3. The van der Waals surface area contributed by atoms with E-state index < -0.39 is 12.1 Å². The Morgan fingerprint density at radius 1 is 0.633 bits per heavy atom. The monoisotopic (exact) mass is 430 g/mol. The van der Waals surface area contributed by atoms with E-state index in [2.05, 4.69) is 6.92 Å².